The fourth-order valence-electron chi connectivity index (χ4n) is 2.98. The second-order valence-electron chi connectivity index (χ2n) is 6.13. The maximum absolute atomic E-state index is 12.5. The van der Waals surface area contributed by atoms with Crippen LogP contribution in [0.5, 0.6) is 5.75 Å². The van der Waals surface area contributed by atoms with Crippen LogP contribution >= 0.6 is 0 Å². The SMILES string of the molecule is CC1(C)OC(=O)c2c(cccc2-c2ccc3ccccc3c2)O1. The molecule has 1 heterocycles. The zero-order valence-corrected chi connectivity index (χ0v) is 13.0. The van der Waals surface area contributed by atoms with Crippen LogP contribution in [-0.4, -0.2) is 11.8 Å². The van der Waals surface area contributed by atoms with Crippen LogP contribution in [0.1, 0.15) is 24.2 Å². The molecule has 114 valence electrons. The van der Waals surface area contributed by atoms with Crippen LogP contribution < -0.4 is 4.74 Å². The first-order chi connectivity index (χ1) is 11.0. The fourth-order valence-corrected chi connectivity index (χ4v) is 2.98. The minimum Gasteiger partial charge on any atom is -0.452 e. The van der Waals surface area contributed by atoms with Crippen molar-refractivity contribution in [3.8, 4) is 16.9 Å². The number of rotatable bonds is 1. The number of benzene rings is 3. The summed E-state index contributed by atoms with van der Waals surface area (Å²) in [5, 5.41) is 2.30. The molecule has 0 bridgehead atoms. The zero-order valence-electron chi connectivity index (χ0n) is 13.0. The number of hydrogen-bond acceptors (Lipinski definition) is 3. The average molecular weight is 304 g/mol. The number of cyclic esters (lactones) is 1. The molecule has 0 N–H and O–H groups in total. The van der Waals surface area contributed by atoms with Crippen LogP contribution in [0.2, 0.25) is 0 Å². The third-order valence-electron chi connectivity index (χ3n) is 3.99. The normalized spacial score (nSPS) is 15.7. The van der Waals surface area contributed by atoms with Gasteiger partial charge in [-0.2, -0.15) is 0 Å². The summed E-state index contributed by atoms with van der Waals surface area (Å²) < 4.78 is 11.2. The Morgan fingerprint density at radius 1 is 0.826 bits per heavy atom. The molecule has 0 amide bonds. The van der Waals surface area contributed by atoms with Crippen molar-refractivity contribution in [2.24, 2.45) is 0 Å². The molecule has 0 saturated heterocycles. The van der Waals surface area contributed by atoms with Crippen molar-refractivity contribution < 1.29 is 14.3 Å². The van der Waals surface area contributed by atoms with Gasteiger partial charge in [-0.15, -0.1) is 0 Å². The van der Waals surface area contributed by atoms with E-state index < -0.39 is 5.79 Å². The second-order valence-corrected chi connectivity index (χ2v) is 6.13. The Bertz CT molecular complexity index is 925. The van der Waals surface area contributed by atoms with E-state index in [1.54, 1.807) is 13.8 Å². The first-order valence-corrected chi connectivity index (χ1v) is 7.58. The third-order valence-corrected chi connectivity index (χ3v) is 3.99. The zero-order chi connectivity index (χ0) is 16.0. The van der Waals surface area contributed by atoms with Gasteiger partial charge in [0.15, 0.2) is 0 Å². The molecule has 0 aliphatic carbocycles. The van der Waals surface area contributed by atoms with E-state index in [1.165, 1.54) is 5.39 Å². The number of esters is 1. The number of ether oxygens (including phenoxy) is 2. The molecule has 0 unspecified atom stereocenters. The lowest BCUT2D eigenvalue weighted by Crippen LogP contribution is -2.39. The van der Waals surface area contributed by atoms with Gasteiger partial charge < -0.3 is 9.47 Å². The lowest BCUT2D eigenvalue weighted by molar-refractivity contribution is -0.127. The molecule has 3 aromatic rings. The van der Waals surface area contributed by atoms with E-state index in [1.807, 2.05) is 36.4 Å². The quantitative estimate of drug-likeness (QED) is 0.606. The molecule has 0 fully saturated rings. The largest absolute Gasteiger partial charge is 0.452 e. The van der Waals surface area contributed by atoms with Crippen LogP contribution in [-0.2, 0) is 4.74 Å². The summed E-state index contributed by atoms with van der Waals surface area (Å²) in [6, 6.07) is 19.9. The summed E-state index contributed by atoms with van der Waals surface area (Å²) in [5.74, 6) is -0.719. The van der Waals surface area contributed by atoms with Gasteiger partial charge in [-0.1, -0.05) is 48.5 Å². The number of fused-ring (bicyclic) bond motifs is 2. The maximum atomic E-state index is 12.5. The Labute approximate surface area is 134 Å². The second kappa shape index (κ2) is 4.85. The molecule has 0 saturated carbocycles. The highest BCUT2D eigenvalue weighted by Crippen LogP contribution is 2.38. The van der Waals surface area contributed by atoms with E-state index in [2.05, 4.69) is 24.3 Å². The van der Waals surface area contributed by atoms with Crippen LogP contribution in [0.25, 0.3) is 21.9 Å². The summed E-state index contributed by atoms with van der Waals surface area (Å²) in [6.07, 6.45) is 0. The van der Waals surface area contributed by atoms with E-state index in [9.17, 15) is 4.79 Å². The Morgan fingerprint density at radius 3 is 2.43 bits per heavy atom. The van der Waals surface area contributed by atoms with Gasteiger partial charge in [0.05, 0.1) is 0 Å². The predicted molar refractivity (Wildman–Crippen MR) is 89.5 cm³/mol. The van der Waals surface area contributed by atoms with Crippen LogP contribution in [0, 0.1) is 0 Å². The summed E-state index contributed by atoms with van der Waals surface area (Å²) in [4.78, 5) is 12.5. The molecule has 23 heavy (non-hydrogen) atoms. The Morgan fingerprint density at radius 2 is 1.61 bits per heavy atom. The van der Waals surface area contributed by atoms with Gasteiger partial charge in [-0.05, 0) is 34.0 Å². The molecule has 0 radical (unpaired) electrons. The highest BCUT2D eigenvalue weighted by Gasteiger charge is 2.35. The highest BCUT2D eigenvalue weighted by molar-refractivity contribution is 6.02. The highest BCUT2D eigenvalue weighted by atomic mass is 16.7. The van der Waals surface area contributed by atoms with Gasteiger partial charge in [0.25, 0.3) is 0 Å². The standard InChI is InChI=1S/C20H16O3/c1-20(2)22-17-9-5-8-16(18(17)19(21)23-20)15-11-10-13-6-3-4-7-14(13)12-15/h3-12H,1-2H3. The third kappa shape index (κ3) is 2.34. The van der Waals surface area contributed by atoms with Crippen molar-refractivity contribution >= 4 is 16.7 Å². The smallest absolute Gasteiger partial charge is 0.345 e. The first-order valence-electron chi connectivity index (χ1n) is 7.58. The molecule has 3 aromatic carbocycles. The molecular weight excluding hydrogens is 288 g/mol. The molecule has 3 heteroatoms. The number of carbonyl (C=O) groups is 1. The number of carbonyl (C=O) groups excluding carboxylic acids is 1. The van der Waals surface area contributed by atoms with Gasteiger partial charge in [0.2, 0.25) is 5.79 Å². The monoisotopic (exact) mass is 304 g/mol. The Balaban J connectivity index is 1.91. The van der Waals surface area contributed by atoms with Crippen molar-refractivity contribution in [1.29, 1.82) is 0 Å². The summed E-state index contributed by atoms with van der Waals surface area (Å²) in [5.41, 5.74) is 2.29. The Kier molecular flexibility index (Phi) is 2.91. The molecule has 4 rings (SSSR count). The van der Waals surface area contributed by atoms with Gasteiger partial charge in [0, 0.05) is 13.8 Å². The minimum atomic E-state index is -0.938. The van der Waals surface area contributed by atoms with E-state index in [0.717, 1.165) is 16.5 Å². The predicted octanol–water partition coefficient (Wildman–Crippen LogP) is 4.79. The molecule has 1 aliphatic heterocycles. The van der Waals surface area contributed by atoms with Crippen molar-refractivity contribution in [2.75, 3.05) is 0 Å². The average Bonchev–Trinajstić information content (AvgIpc) is 2.52. The first kappa shape index (κ1) is 13.8. The summed E-state index contributed by atoms with van der Waals surface area (Å²) in [7, 11) is 0. The van der Waals surface area contributed by atoms with E-state index >= 15 is 0 Å². The molecule has 0 aromatic heterocycles. The van der Waals surface area contributed by atoms with Gasteiger partial charge in [-0.3, -0.25) is 0 Å². The topological polar surface area (TPSA) is 35.5 Å². The van der Waals surface area contributed by atoms with Crippen molar-refractivity contribution in [3.05, 3.63) is 66.2 Å². The lowest BCUT2D eigenvalue weighted by Gasteiger charge is -2.32. The van der Waals surface area contributed by atoms with Gasteiger partial charge in [0.1, 0.15) is 11.3 Å². The van der Waals surface area contributed by atoms with E-state index in [-0.39, 0.29) is 5.97 Å². The van der Waals surface area contributed by atoms with Gasteiger partial charge in [-0.25, -0.2) is 4.79 Å². The lowest BCUT2D eigenvalue weighted by atomic mass is 9.96. The van der Waals surface area contributed by atoms with Gasteiger partial charge >= 0.3 is 5.97 Å². The molecule has 3 nitrogen and oxygen atoms in total. The van der Waals surface area contributed by atoms with Crippen LogP contribution in [0.15, 0.2) is 60.7 Å². The van der Waals surface area contributed by atoms with Crippen LogP contribution in [0.3, 0.4) is 0 Å². The Hall–Kier alpha value is -2.81. The van der Waals surface area contributed by atoms with E-state index in [4.69, 9.17) is 9.47 Å². The van der Waals surface area contributed by atoms with E-state index in [0.29, 0.717) is 11.3 Å². The molecule has 1 aliphatic rings. The molecule has 0 spiro atoms. The minimum absolute atomic E-state index is 0.347. The summed E-state index contributed by atoms with van der Waals surface area (Å²) in [6.45, 7) is 3.47. The van der Waals surface area contributed by atoms with Crippen molar-refractivity contribution in [1.82, 2.24) is 0 Å². The van der Waals surface area contributed by atoms with Crippen LogP contribution in [0.4, 0.5) is 0 Å². The van der Waals surface area contributed by atoms with Crippen molar-refractivity contribution in [3.63, 3.8) is 0 Å². The molecule has 0 atom stereocenters. The van der Waals surface area contributed by atoms with Crippen molar-refractivity contribution in [2.45, 2.75) is 19.6 Å². The fraction of sp³-hybridized carbons (Fsp3) is 0.150. The maximum Gasteiger partial charge on any atom is 0.345 e. The number of hydrogen-bond donors (Lipinski definition) is 0. The summed E-state index contributed by atoms with van der Waals surface area (Å²) >= 11 is 0. The molecular formula is C20H16O3.